The van der Waals surface area contributed by atoms with E-state index in [1.807, 2.05) is 0 Å². The third-order valence-corrected chi connectivity index (χ3v) is 7.54. The van der Waals surface area contributed by atoms with Crippen LogP contribution in [0.2, 0.25) is 5.02 Å². The molecule has 3 aliphatic rings. The van der Waals surface area contributed by atoms with Gasteiger partial charge in [0.15, 0.2) is 0 Å². The van der Waals surface area contributed by atoms with Crippen LogP contribution >= 0.6 is 11.6 Å². The molecule has 3 aliphatic heterocycles. The fourth-order valence-corrected chi connectivity index (χ4v) is 5.92. The van der Waals surface area contributed by atoms with Gasteiger partial charge in [0.1, 0.15) is 0 Å². The van der Waals surface area contributed by atoms with Gasteiger partial charge in [0.25, 0.3) is 0 Å². The molecule has 5 atom stereocenters. The number of aromatic nitrogens is 1. The first-order valence-electron chi connectivity index (χ1n) is 10.8. The molecule has 0 spiro atoms. The molecular formula is C24H19ClF3N3O4. The highest BCUT2D eigenvalue weighted by Gasteiger charge is 2.75. The Morgan fingerprint density at radius 3 is 2.57 bits per heavy atom. The lowest BCUT2D eigenvalue weighted by Crippen LogP contribution is -2.48. The van der Waals surface area contributed by atoms with Crippen LogP contribution in [0.15, 0.2) is 36.5 Å². The van der Waals surface area contributed by atoms with Crippen LogP contribution in [-0.4, -0.2) is 34.6 Å². The van der Waals surface area contributed by atoms with E-state index in [2.05, 4.69) is 4.98 Å². The van der Waals surface area contributed by atoms with Gasteiger partial charge in [-0.05, 0) is 44.5 Å². The van der Waals surface area contributed by atoms with Crippen molar-refractivity contribution >= 4 is 29.1 Å². The summed E-state index contributed by atoms with van der Waals surface area (Å²) in [6.45, 7) is 3.65. The summed E-state index contributed by atoms with van der Waals surface area (Å²) < 4.78 is 52.5. The Kier molecular flexibility index (Phi) is 5.17. The molecule has 2 bridgehead atoms. The second-order valence-corrected chi connectivity index (χ2v) is 9.87. The van der Waals surface area contributed by atoms with Crippen molar-refractivity contribution in [2.45, 2.75) is 37.6 Å². The summed E-state index contributed by atoms with van der Waals surface area (Å²) >= 11 is 5.85. The lowest BCUT2D eigenvalue weighted by Gasteiger charge is -2.35. The van der Waals surface area contributed by atoms with E-state index < -0.39 is 52.2 Å². The molecule has 182 valence electrons. The Labute approximate surface area is 203 Å². The van der Waals surface area contributed by atoms with Crippen LogP contribution in [0.25, 0.3) is 0 Å². The number of nitriles is 1. The molecule has 35 heavy (non-hydrogen) atoms. The fraction of sp³-hybridized carbons (Fsp3) is 0.417. The van der Waals surface area contributed by atoms with E-state index >= 15 is 0 Å². The fourth-order valence-electron chi connectivity index (χ4n) is 5.80. The summed E-state index contributed by atoms with van der Waals surface area (Å²) in [5.41, 5.74) is -4.05. The number of amides is 2. The average molecular weight is 506 g/mol. The summed E-state index contributed by atoms with van der Waals surface area (Å²) in [6.07, 6.45) is -2.95. The first-order chi connectivity index (χ1) is 16.4. The SMILES string of the molecule is CC12CC(COc3ccc(Cl)cn3)C(C)(O1)C1C(=O)N(c3ccc(C#N)c(C(F)(F)F)c3)C(=O)C12. The number of halogens is 4. The van der Waals surface area contributed by atoms with Gasteiger partial charge in [0, 0.05) is 18.2 Å². The Morgan fingerprint density at radius 1 is 1.23 bits per heavy atom. The van der Waals surface area contributed by atoms with E-state index in [0.29, 0.717) is 23.4 Å². The van der Waals surface area contributed by atoms with Crippen molar-refractivity contribution in [3.05, 3.63) is 52.7 Å². The van der Waals surface area contributed by atoms with Crippen molar-refractivity contribution in [2.75, 3.05) is 11.5 Å². The number of benzene rings is 1. The first-order valence-corrected chi connectivity index (χ1v) is 11.2. The molecule has 2 amide bonds. The van der Waals surface area contributed by atoms with E-state index in [-0.39, 0.29) is 18.2 Å². The van der Waals surface area contributed by atoms with Gasteiger partial charge < -0.3 is 9.47 Å². The number of ether oxygens (including phenoxy) is 2. The van der Waals surface area contributed by atoms with E-state index in [4.69, 9.17) is 26.3 Å². The number of imide groups is 1. The molecule has 0 aliphatic carbocycles. The van der Waals surface area contributed by atoms with Gasteiger partial charge in [-0.2, -0.15) is 18.4 Å². The average Bonchev–Trinajstić information content (AvgIpc) is 3.32. The number of carbonyl (C=O) groups is 2. The minimum absolute atomic E-state index is 0.167. The summed E-state index contributed by atoms with van der Waals surface area (Å²) in [4.78, 5) is 31.8. The lowest BCUT2D eigenvalue weighted by atomic mass is 9.64. The number of fused-ring (bicyclic) bond motifs is 5. The van der Waals surface area contributed by atoms with Gasteiger partial charge in [0.05, 0.1) is 57.6 Å². The molecule has 5 unspecified atom stereocenters. The maximum Gasteiger partial charge on any atom is 0.417 e. The molecule has 2 aromatic rings. The van der Waals surface area contributed by atoms with Crippen molar-refractivity contribution in [2.24, 2.45) is 17.8 Å². The number of pyridine rings is 1. The van der Waals surface area contributed by atoms with Gasteiger partial charge in [0.2, 0.25) is 17.7 Å². The predicted octanol–water partition coefficient (Wildman–Crippen LogP) is 4.38. The molecule has 1 aromatic heterocycles. The molecule has 0 radical (unpaired) electrons. The maximum absolute atomic E-state index is 13.5. The zero-order valence-corrected chi connectivity index (χ0v) is 19.4. The molecule has 5 rings (SSSR count). The first kappa shape index (κ1) is 23.6. The topological polar surface area (TPSA) is 92.5 Å². The highest BCUT2D eigenvalue weighted by atomic mass is 35.5. The summed E-state index contributed by atoms with van der Waals surface area (Å²) in [5, 5.41) is 9.51. The van der Waals surface area contributed by atoms with Crippen molar-refractivity contribution in [1.29, 1.82) is 5.26 Å². The van der Waals surface area contributed by atoms with Crippen molar-refractivity contribution in [3.8, 4) is 11.9 Å². The minimum atomic E-state index is -4.82. The Balaban J connectivity index is 1.45. The Hall–Kier alpha value is -3.16. The summed E-state index contributed by atoms with van der Waals surface area (Å²) in [7, 11) is 0. The number of rotatable bonds is 4. The number of anilines is 1. The molecule has 7 nitrogen and oxygen atoms in total. The Morgan fingerprint density at radius 2 is 1.94 bits per heavy atom. The molecule has 0 saturated carbocycles. The lowest BCUT2D eigenvalue weighted by molar-refractivity contribution is -0.138. The monoisotopic (exact) mass is 505 g/mol. The van der Waals surface area contributed by atoms with Crippen molar-refractivity contribution < 1.29 is 32.2 Å². The van der Waals surface area contributed by atoms with Crippen LogP contribution in [0.3, 0.4) is 0 Å². The van der Waals surface area contributed by atoms with Crippen LogP contribution in [0.4, 0.5) is 18.9 Å². The van der Waals surface area contributed by atoms with E-state index in [1.54, 1.807) is 26.0 Å². The maximum atomic E-state index is 13.5. The molecule has 11 heteroatoms. The smallest absolute Gasteiger partial charge is 0.417 e. The standard InChI is InChI=1S/C24H19ClF3N3O4/c1-22-8-13(11-34-17-6-4-14(25)10-30-17)23(2,35-22)19-18(22)20(32)31(21(19)33)15-5-3-12(9-29)16(7-15)24(26,27)28/h3-7,10,13,18-19H,8,11H2,1-2H3. The van der Waals surface area contributed by atoms with E-state index in [1.165, 1.54) is 18.3 Å². The second kappa shape index (κ2) is 7.67. The number of alkyl halides is 3. The van der Waals surface area contributed by atoms with Crippen molar-refractivity contribution in [1.82, 2.24) is 4.98 Å². The molecular weight excluding hydrogens is 487 g/mol. The number of carbonyl (C=O) groups excluding carboxylic acids is 2. The summed E-state index contributed by atoms with van der Waals surface area (Å²) in [6, 6.07) is 7.57. The molecule has 4 heterocycles. The van der Waals surface area contributed by atoms with Crippen molar-refractivity contribution in [3.63, 3.8) is 0 Å². The third-order valence-electron chi connectivity index (χ3n) is 7.32. The summed E-state index contributed by atoms with van der Waals surface area (Å²) in [5.74, 6) is -2.88. The highest BCUT2D eigenvalue weighted by Crippen LogP contribution is 2.63. The molecule has 3 fully saturated rings. The molecule has 1 aromatic carbocycles. The van der Waals surface area contributed by atoms with Gasteiger partial charge in [-0.25, -0.2) is 9.88 Å². The molecule has 0 N–H and O–H groups in total. The minimum Gasteiger partial charge on any atom is -0.477 e. The van der Waals surface area contributed by atoms with Gasteiger partial charge in [-0.1, -0.05) is 11.6 Å². The zero-order chi connectivity index (χ0) is 25.3. The van der Waals surface area contributed by atoms with Crippen LogP contribution in [0, 0.1) is 29.1 Å². The van der Waals surface area contributed by atoms with Crippen LogP contribution < -0.4 is 9.64 Å². The number of hydrogen-bond donors (Lipinski definition) is 0. The largest absolute Gasteiger partial charge is 0.477 e. The molecule has 3 saturated heterocycles. The Bertz CT molecular complexity index is 1280. The predicted molar refractivity (Wildman–Crippen MR) is 116 cm³/mol. The zero-order valence-electron chi connectivity index (χ0n) is 18.6. The quantitative estimate of drug-likeness (QED) is 0.573. The second-order valence-electron chi connectivity index (χ2n) is 9.43. The van der Waals surface area contributed by atoms with Crippen LogP contribution in [0.1, 0.15) is 31.4 Å². The normalized spacial score (nSPS) is 31.6. The van der Waals surface area contributed by atoms with Gasteiger partial charge in [-0.3, -0.25) is 9.59 Å². The number of hydrogen-bond acceptors (Lipinski definition) is 6. The number of nitrogens with zero attached hydrogens (tertiary/aromatic N) is 3. The van der Waals surface area contributed by atoms with Crippen LogP contribution in [-0.2, 0) is 20.5 Å². The van der Waals surface area contributed by atoms with E-state index in [0.717, 1.165) is 11.0 Å². The van der Waals surface area contributed by atoms with Gasteiger partial charge in [-0.15, -0.1) is 0 Å². The van der Waals surface area contributed by atoms with Crippen LogP contribution in [0.5, 0.6) is 5.88 Å². The highest BCUT2D eigenvalue weighted by molar-refractivity contribution is 6.30. The van der Waals surface area contributed by atoms with E-state index in [9.17, 15) is 22.8 Å². The third kappa shape index (κ3) is 3.48. The van der Waals surface area contributed by atoms with Gasteiger partial charge >= 0.3 is 6.18 Å².